The van der Waals surface area contributed by atoms with Gasteiger partial charge in [-0.15, -0.1) is 0 Å². The van der Waals surface area contributed by atoms with Gasteiger partial charge in [-0.1, -0.05) is 0 Å². The van der Waals surface area contributed by atoms with Crippen molar-refractivity contribution in [1.29, 1.82) is 0 Å². The van der Waals surface area contributed by atoms with Crippen LogP contribution in [0.3, 0.4) is 0 Å². The molecule has 25 heavy (non-hydrogen) atoms. The molecule has 2 aromatic rings. The van der Waals surface area contributed by atoms with Crippen LogP contribution in [-0.2, 0) is 17.8 Å². The topological polar surface area (TPSA) is 69.4 Å². The highest BCUT2D eigenvalue weighted by Crippen LogP contribution is 2.20. The summed E-state index contributed by atoms with van der Waals surface area (Å²) in [6.07, 6.45) is 8.40. The number of piperidine rings is 1. The average Bonchev–Trinajstić information content (AvgIpc) is 3.14. The quantitative estimate of drug-likeness (QED) is 0.794. The first-order valence-corrected chi connectivity index (χ1v) is 8.67. The maximum atomic E-state index is 13.0. The Hall–Kier alpha value is -2.41. The Morgan fingerprint density at radius 2 is 2.24 bits per heavy atom. The standard InChI is InChI=1S/C18H24N4O3/c1-25-12-11-20-13-15(6-7-17(20)23)18(24)22-10-3-2-5-16(22)14-21-9-4-8-19-21/h4,6-9,13,16H,2-3,5,10-12,14H2,1H3/t16-/m0/s1. The van der Waals surface area contributed by atoms with Crippen molar-refractivity contribution >= 4 is 5.91 Å². The number of amides is 1. The summed E-state index contributed by atoms with van der Waals surface area (Å²) in [6, 6.07) is 5.09. The van der Waals surface area contributed by atoms with Crippen LogP contribution in [0.5, 0.6) is 0 Å². The van der Waals surface area contributed by atoms with Gasteiger partial charge in [0.1, 0.15) is 0 Å². The monoisotopic (exact) mass is 344 g/mol. The Bertz CT molecular complexity index is 754. The molecule has 0 unspecified atom stereocenters. The lowest BCUT2D eigenvalue weighted by Gasteiger charge is -2.35. The van der Waals surface area contributed by atoms with E-state index < -0.39 is 0 Å². The highest BCUT2D eigenvalue weighted by molar-refractivity contribution is 5.94. The first-order valence-electron chi connectivity index (χ1n) is 8.67. The number of pyridine rings is 1. The third-order valence-electron chi connectivity index (χ3n) is 4.61. The molecule has 3 heterocycles. The fraction of sp³-hybridized carbons (Fsp3) is 0.500. The van der Waals surface area contributed by atoms with Crippen molar-refractivity contribution in [2.24, 2.45) is 0 Å². The van der Waals surface area contributed by atoms with Gasteiger partial charge >= 0.3 is 0 Å². The van der Waals surface area contributed by atoms with Crippen molar-refractivity contribution in [1.82, 2.24) is 19.2 Å². The summed E-state index contributed by atoms with van der Waals surface area (Å²) in [5, 5.41) is 4.26. The number of hydrogen-bond donors (Lipinski definition) is 0. The Kier molecular flexibility index (Phi) is 5.65. The first kappa shape index (κ1) is 17.4. The summed E-state index contributed by atoms with van der Waals surface area (Å²) in [4.78, 5) is 26.9. The van der Waals surface area contributed by atoms with Crippen molar-refractivity contribution in [2.45, 2.75) is 38.4 Å². The van der Waals surface area contributed by atoms with Crippen LogP contribution in [0.15, 0.2) is 41.6 Å². The molecule has 0 bridgehead atoms. The minimum atomic E-state index is -0.125. The lowest BCUT2D eigenvalue weighted by atomic mass is 10.0. The highest BCUT2D eigenvalue weighted by atomic mass is 16.5. The maximum Gasteiger partial charge on any atom is 0.255 e. The van der Waals surface area contributed by atoms with Crippen LogP contribution >= 0.6 is 0 Å². The Balaban J connectivity index is 1.78. The normalized spacial score (nSPS) is 17.6. The SMILES string of the molecule is COCCn1cc(C(=O)N2CCCC[C@H]2Cn2cccn2)ccc1=O. The summed E-state index contributed by atoms with van der Waals surface area (Å²) in [5.74, 6) is -0.0250. The summed E-state index contributed by atoms with van der Waals surface area (Å²) in [5.41, 5.74) is 0.420. The molecule has 0 saturated carbocycles. The molecule has 1 saturated heterocycles. The van der Waals surface area contributed by atoms with Crippen molar-refractivity contribution in [3.8, 4) is 0 Å². The van der Waals surface area contributed by atoms with Crippen LogP contribution in [-0.4, -0.2) is 51.5 Å². The zero-order valence-electron chi connectivity index (χ0n) is 14.5. The zero-order valence-corrected chi connectivity index (χ0v) is 14.5. The molecule has 7 nitrogen and oxygen atoms in total. The highest BCUT2D eigenvalue weighted by Gasteiger charge is 2.28. The van der Waals surface area contributed by atoms with Crippen LogP contribution in [0.1, 0.15) is 29.6 Å². The number of hydrogen-bond acceptors (Lipinski definition) is 4. The fourth-order valence-electron chi connectivity index (χ4n) is 3.27. The number of likely N-dealkylation sites (tertiary alicyclic amines) is 1. The third kappa shape index (κ3) is 4.17. The smallest absolute Gasteiger partial charge is 0.255 e. The molecule has 1 aliphatic heterocycles. The van der Waals surface area contributed by atoms with Crippen molar-refractivity contribution in [3.05, 3.63) is 52.7 Å². The van der Waals surface area contributed by atoms with Gasteiger partial charge in [-0.05, 0) is 31.4 Å². The first-order chi connectivity index (χ1) is 12.2. The molecule has 0 radical (unpaired) electrons. The molecule has 1 amide bonds. The molecular weight excluding hydrogens is 320 g/mol. The molecule has 7 heteroatoms. The van der Waals surface area contributed by atoms with Crippen LogP contribution in [0.4, 0.5) is 0 Å². The lowest BCUT2D eigenvalue weighted by Crippen LogP contribution is -2.46. The predicted molar refractivity (Wildman–Crippen MR) is 93.5 cm³/mol. The second kappa shape index (κ2) is 8.11. The number of rotatable bonds is 6. The number of aromatic nitrogens is 3. The van der Waals surface area contributed by atoms with E-state index >= 15 is 0 Å². The van der Waals surface area contributed by atoms with Crippen LogP contribution in [0, 0.1) is 0 Å². The lowest BCUT2D eigenvalue weighted by molar-refractivity contribution is 0.0582. The molecule has 0 aliphatic carbocycles. The summed E-state index contributed by atoms with van der Waals surface area (Å²) in [7, 11) is 1.59. The van der Waals surface area contributed by atoms with Gasteiger partial charge in [-0.3, -0.25) is 14.3 Å². The van der Waals surface area contributed by atoms with Gasteiger partial charge in [0.15, 0.2) is 0 Å². The van der Waals surface area contributed by atoms with E-state index in [1.165, 1.54) is 10.6 Å². The Labute approximate surface area is 146 Å². The molecule has 0 aromatic carbocycles. The molecule has 1 aliphatic rings. The second-order valence-electron chi connectivity index (χ2n) is 6.32. The van der Waals surface area contributed by atoms with Crippen molar-refractivity contribution in [2.75, 3.05) is 20.3 Å². The summed E-state index contributed by atoms with van der Waals surface area (Å²) < 4.78 is 8.43. The van der Waals surface area contributed by atoms with E-state index in [-0.39, 0.29) is 17.5 Å². The van der Waals surface area contributed by atoms with Crippen LogP contribution < -0.4 is 5.56 Å². The predicted octanol–water partition coefficient (Wildman–Crippen LogP) is 1.39. The van der Waals surface area contributed by atoms with Gasteiger partial charge < -0.3 is 14.2 Å². The van der Waals surface area contributed by atoms with Crippen LogP contribution in [0.25, 0.3) is 0 Å². The maximum absolute atomic E-state index is 13.0. The van der Waals surface area contributed by atoms with Crippen molar-refractivity contribution in [3.63, 3.8) is 0 Å². The molecule has 3 rings (SSSR count). The second-order valence-corrected chi connectivity index (χ2v) is 6.32. The van der Waals surface area contributed by atoms with E-state index in [9.17, 15) is 9.59 Å². The summed E-state index contributed by atoms with van der Waals surface area (Å²) >= 11 is 0. The van der Waals surface area contributed by atoms with Crippen molar-refractivity contribution < 1.29 is 9.53 Å². The largest absolute Gasteiger partial charge is 0.383 e. The fourth-order valence-corrected chi connectivity index (χ4v) is 3.27. The number of carbonyl (C=O) groups excluding carboxylic acids is 1. The van der Waals surface area contributed by atoms with Gasteiger partial charge in [0.2, 0.25) is 0 Å². The Morgan fingerprint density at radius 1 is 1.36 bits per heavy atom. The van der Waals surface area contributed by atoms with E-state index in [4.69, 9.17) is 4.74 Å². The number of carbonyl (C=O) groups is 1. The van der Waals surface area contributed by atoms with E-state index in [1.54, 1.807) is 25.6 Å². The van der Waals surface area contributed by atoms with Gasteiger partial charge in [0.25, 0.3) is 11.5 Å². The van der Waals surface area contributed by atoms with Gasteiger partial charge in [-0.25, -0.2) is 0 Å². The minimum Gasteiger partial charge on any atom is -0.383 e. The average molecular weight is 344 g/mol. The Morgan fingerprint density at radius 3 is 3.00 bits per heavy atom. The molecule has 2 aromatic heterocycles. The van der Waals surface area contributed by atoms with E-state index in [1.807, 2.05) is 21.8 Å². The van der Waals surface area contributed by atoms with Gasteiger partial charge in [0.05, 0.1) is 24.8 Å². The molecule has 1 atom stereocenters. The third-order valence-corrected chi connectivity index (χ3v) is 4.61. The zero-order chi connectivity index (χ0) is 17.6. The molecule has 0 spiro atoms. The molecule has 134 valence electrons. The summed E-state index contributed by atoms with van der Waals surface area (Å²) in [6.45, 7) is 2.31. The minimum absolute atomic E-state index is 0.0250. The molecule has 0 N–H and O–H groups in total. The van der Waals surface area contributed by atoms with Crippen LogP contribution in [0.2, 0.25) is 0 Å². The van der Waals surface area contributed by atoms with E-state index in [0.29, 0.717) is 25.3 Å². The van der Waals surface area contributed by atoms with Gasteiger partial charge in [0, 0.05) is 44.9 Å². The van der Waals surface area contributed by atoms with E-state index in [0.717, 1.165) is 25.8 Å². The number of methoxy groups -OCH3 is 1. The van der Waals surface area contributed by atoms with E-state index in [2.05, 4.69) is 5.10 Å². The number of nitrogens with zero attached hydrogens (tertiary/aromatic N) is 4. The molecule has 1 fully saturated rings. The molecular formula is C18H24N4O3. The number of ether oxygens (including phenoxy) is 1. The van der Waals surface area contributed by atoms with Gasteiger partial charge in [-0.2, -0.15) is 5.10 Å².